The van der Waals surface area contributed by atoms with Crippen molar-refractivity contribution in [3.63, 3.8) is 0 Å². The van der Waals surface area contributed by atoms with E-state index in [0.717, 1.165) is 30.9 Å². The topological polar surface area (TPSA) is 24.5 Å². The number of ether oxygens (including phenoxy) is 1. The molecule has 2 rings (SSSR count). The van der Waals surface area contributed by atoms with Crippen LogP contribution in [-0.4, -0.2) is 44.3 Å². The summed E-state index contributed by atoms with van der Waals surface area (Å²) >= 11 is 0. The molecule has 0 amide bonds. The van der Waals surface area contributed by atoms with E-state index in [1.54, 1.807) is 0 Å². The molecular weight excluding hydrogens is 219 g/mol. The SMILES string of the molecule is Cc1cc(F)cc(NCC2CN(C)CCO2)c1. The van der Waals surface area contributed by atoms with E-state index in [0.29, 0.717) is 6.54 Å². The molecule has 1 saturated heterocycles. The fraction of sp³-hybridized carbons (Fsp3) is 0.538. The minimum absolute atomic E-state index is 0.178. The average molecular weight is 238 g/mol. The second-order valence-corrected chi connectivity index (χ2v) is 4.65. The Morgan fingerprint density at radius 3 is 3.00 bits per heavy atom. The largest absolute Gasteiger partial charge is 0.382 e. The predicted molar refractivity (Wildman–Crippen MR) is 66.9 cm³/mol. The third kappa shape index (κ3) is 3.68. The van der Waals surface area contributed by atoms with Gasteiger partial charge in [0.15, 0.2) is 0 Å². The number of nitrogens with zero attached hydrogens (tertiary/aromatic N) is 1. The summed E-state index contributed by atoms with van der Waals surface area (Å²) < 4.78 is 18.8. The minimum atomic E-state index is -0.200. The van der Waals surface area contributed by atoms with Gasteiger partial charge in [-0.1, -0.05) is 0 Å². The van der Waals surface area contributed by atoms with Gasteiger partial charge < -0.3 is 15.0 Å². The van der Waals surface area contributed by atoms with Gasteiger partial charge in [-0.2, -0.15) is 0 Å². The number of benzene rings is 1. The van der Waals surface area contributed by atoms with Gasteiger partial charge in [0.25, 0.3) is 0 Å². The van der Waals surface area contributed by atoms with Crippen LogP contribution in [0.25, 0.3) is 0 Å². The van der Waals surface area contributed by atoms with Gasteiger partial charge in [0.05, 0.1) is 12.7 Å². The summed E-state index contributed by atoms with van der Waals surface area (Å²) in [5.41, 5.74) is 1.74. The molecule has 1 aromatic rings. The standard InChI is InChI=1S/C13H19FN2O/c1-10-5-11(14)7-12(6-10)15-8-13-9-16(2)3-4-17-13/h5-7,13,15H,3-4,8-9H2,1-2H3. The molecule has 3 nitrogen and oxygen atoms in total. The van der Waals surface area contributed by atoms with Crippen LogP contribution in [0.3, 0.4) is 0 Å². The van der Waals surface area contributed by atoms with Crippen LogP contribution < -0.4 is 5.32 Å². The van der Waals surface area contributed by atoms with E-state index in [1.165, 1.54) is 12.1 Å². The highest BCUT2D eigenvalue weighted by Gasteiger charge is 2.17. The Kier molecular flexibility index (Phi) is 3.97. The van der Waals surface area contributed by atoms with Crippen molar-refractivity contribution < 1.29 is 9.13 Å². The van der Waals surface area contributed by atoms with Crippen LogP contribution in [0, 0.1) is 12.7 Å². The zero-order valence-electron chi connectivity index (χ0n) is 10.4. The van der Waals surface area contributed by atoms with Crippen LogP contribution in [0.15, 0.2) is 18.2 Å². The maximum absolute atomic E-state index is 13.2. The molecule has 17 heavy (non-hydrogen) atoms. The second-order valence-electron chi connectivity index (χ2n) is 4.65. The van der Waals surface area contributed by atoms with Gasteiger partial charge in [-0.25, -0.2) is 4.39 Å². The summed E-state index contributed by atoms with van der Waals surface area (Å²) in [5.74, 6) is -0.200. The van der Waals surface area contributed by atoms with Crippen LogP contribution in [0.5, 0.6) is 0 Å². The lowest BCUT2D eigenvalue weighted by Crippen LogP contribution is -2.43. The smallest absolute Gasteiger partial charge is 0.125 e. The molecule has 1 fully saturated rings. The van der Waals surface area contributed by atoms with Gasteiger partial charge in [-0.05, 0) is 37.7 Å². The summed E-state index contributed by atoms with van der Waals surface area (Å²) in [5, 5.41) is 3.22. The molecule has 0 aromatic heterocycles. The Bertz CT molecular complexity index is 363. The summed E-state index contributed by atoms with van der Waals surface area (Å²) in [4.78, 5) is 2.24. The lowest BCUT2D eigenvalue weighted by atomic mass is 10.2. The fourth-order valence-electron chi connectivity index (χ4n) is 2.06. The molecule has 1 N–H and O–H groups in total. The first kappa shape index (κ1) is 12.3. The van der Waals surface area contributed by atoms with Crippen molar-refractivity contribution in [3.05, 3.63) is 29.6 Å². The van der Waals surface area contributed by atoms with E-state index < -0.39 is 0 Å². The van der Waals surface area contributed by atoms with Crippen molar-refractivity contribution in [1.29, 1.82) is 0 Å². The lowest BCUT2D eigenvalue weighted by molar-refractivity contribution is -0.0117. The summed E-state index contributed by atoms with van der Waals surface area (Å²) in [6, 6.07) is 4.98. The monoisotopic (exact) mass is 238 g/mol. The first-order chi connectivity index (χ1) is 8.13. The minimum Gasteiger partial charge on any atom is -0.382 e. The quantitative estimate of drug-likeness (QED) is 0.870. The molecule has 94 valence electrons. The molecule has 0 radical (unpaired) electrons. The molecule has 0 spiro atoms. The molecule has 1 unspecified atom stereocenters. The number of halogens is 1. The normalized spacial score (nSPS) is 21.5. The van der Waals surface area contributed by atoms with E-state index in [4.69, 9.17) is 4.74 Å². The number of likely N-dealkylation sites (N-methyl/N-ethyl adjacent to an activating group) is 1. The third-order valence-electron chi connectivity index (χ3n) is 2.92. The number of hydrogen-bond donors (Lipinski definition) is 1. The van der Waals surface area contributed by atoms with Crippen LogP contribution in [0.4, 0.5) is 10.1 Å². The number of anilines is 1. The maximum atomic E-state index is 13.2. The lowest BCUT2D eigenvalue weighted by Gasteiger charge is -2.30. The molecule has 1 aliphatic rings. The summed E-state index contributed by atoms with van der Waals surface area (Å²) in [6.45, 7) is 5.27. The highest BCUT2D eigenvalue weighted by molar-refractivity contribution is 5.46. The Balaban J connectivity index is 1.88. The number of morpholine rings is 1. The number of hydrogen-bond acceptors (Lipinski definition) is 3. The van der Waals surface area contributed by atoms with E-state index in [9.17, 15) is 4.39 Å². The van der Waals surface area contributed by atoms with Crippen LogP contribution >= 0.6 is 0 Å². The molecular formula is C13H19FN2O. The van der Waals surface area contributed by atoms with Gasteiger partial charge in [0.1, 0.15) is 5.82 Å². The van der Waals surface area contributed by atoms with Crippen molar-refractivity contribution >= 4 is 5.69 Å². The van der Waals surface area contributed by atoms with Crippen molar-refractivity contribution in [1.82, 2.24) is 4.90 Å². The zero-order valence-corrected chi connectivity index (χ0v) is 10.4. The Morgan fingerprint density at radius 1 is 1.47 bits per heavy atom. The number of rotatable bonds is 3. The number of aryl methyl sites for hydroxylation is 1. The molecule has 0 aliphatic carbocycles. The van der Waals surface area contributed by atoms with E-state index in [2.05, 4.69) is 17.3 Å². The van der Waals surface area contributed by atoms with Crippen molar-refractivity contribution in [2.75, 3.05) is 38.6 Å². The Hall–Kier alpha value is -1.13. The van der Waals surface area contributed by atoms with Crippen molar-refractivity contribution in [2.45, 2.75) is 13.0 Å². The van der Waals surface area contributed by atoms with Gasteiger partial charge in [0.2, 0.25) is 0 Å². The maximum Gasteiger partial charge on any atom is 0.125 e. The molecule has 0 saturated carbocycles. The van der Waals surface area contributed by atoms with Gasteiger partial charge in [-0.3, -0.25) is 0 Å². The van der Waals surface area contributed by atoms with Crippen LogP contribution in [0.2, 0.25) is 0 Å². The molecule has 1 heterocycles. The predicted octanol–water partition coefficient (Wildman–Crippen LogP) is 1.88. The molecule has 1 atom stereocenters. The molecule has 1 aliphatic heterocycles. The van der Waals surface area contributed by atoms with Gasteiger partial charge in [0, 0.05) is 25.3 Å². The highest BCUT2D eigenvalue weighted by atomic mass is 19.1. The van der Waals surface area contributed by atoms with E-state index in [1.807, 2.05) is 13.0 Å². The molecule has 1 aromatic carbocycles. The highest BCUT2D eigenvalue weighted by Crippen LogP contribution is 2.14. The zero-order chi connectivity index (χ0) is 12.3. The van der Waals surface area contributed by atoms with Crippen LogP contribution in [0.1, 0.15) is 5.56 Å². The Labute approximate surface area is 102 Å². The second kappa shape index (κ2) is 5.47. The summed E-state index contributed by atoms with van der Waals surface area (Å²) in [7, 11) is 2.09. The third-order valence-corrected chi connectivity index (χ3v) is 2.92. The van der Waals surface area contributed by atoms with Crippen molar-refractivity contribution in [2.24, 2.45) is 0 Å². The first-order valence-corrected chi connectivity index (χ1v) is 5.95. The molecule has 0 bridgehead atoms. The van der Waals surface area contributed by atoms with Crippen molar-refractivity contribution in [3.8, 4) is 0 Å². The first-order valence-electron chi connectivity index (χ1n) is 5.95. The Morgan fingerprint density at radius 2 is 2.29 bits per heavy atom. The average Bonchev–Trinajstić information content (AvgIpc) is 2.25. The van der Waals surface area contributed by atoms with E-state index >= 15 is 0 Å². The van der Waals surface area contributed by atoms with E-state index in [-0.39, 0.29) is 11.9 Å². The molecule has 4 heteroatoms. The van der Waals surface area contributed by atoms with Crippen LogP contribution in [-0.2, 0) is 4.74 Å². The number of nitrogens with one attached hydrogen (secondary N) is 1. The van der Waals surface area contributed by atoms with Gasteiger partial charge >= 0.3 is 0 Å². The summed E-state index contributed by atoms with van der Waals surface area (Å²) in [6.07, 6.45) is 0.178. The fourth-order valence-corrected chi connectivity index (χ4v) is 2.06. The van der Waals surface area contributed by atoms with Gasteiger partial charge in [-0.15, -0.1) is 0 Å².